The van der Waals surface area contributed by atoms with Gasteiger partial charge in [0.2, 0.25) is 20.0 Å². The van der Waals surface area contributed by atoms with Gasteiger partial charge in [0.1, 0.15) is 0 Å². The topological polar surface area (TPSA) is 74.8 Å². The van der Waals surface area contributed by atoms with Crippen LogP contribution in [0.4, 0.5) is 0 Å². The van der Waals surface area contributed by atoms with Crippen molar-refractivity contribution in [1.29, 1.82) is 0 Å². The van der Waals surface area contributed by atoms with E-state index in [9.17, 15) is 16.8 Å². The van der Waals surface area contributed by atoms with Crippen LogP contribution < -0.4 is 0 Å². The summed E-state index contributed by atoms with van der Waals surface area (Å²) in [6.45, 7) is 5.00. The molecule has 0 N–H and O–H groups in total. The number of unbranched alkanes of at least 4 members (excludes halogenated alkanes) is 1. The summed E-state index contributed by atoms with van der Waals surface area (Å²) in [6.07, 6.45) is 1.96. The Morgan fingerprint density at radius 1 is 0.917 bits per heavy atom. The Bertz CT molecular complexity index is 743. The van der Waals surface area contributed by atoms with Crippen molar-refractivity contribution in [3.63, 3.8) is 0 Å². The Labute approximate surface area is 145 Å². The van der Waals surface area contributed by atoms with E-state index in [0.29, 0.717) is 25.9 Å². The number of rotatable bonds is 6. The lowest BCUT2D eigenvalue weighted by molar-refractivity contribution is 0.404. The van der Waals surface area contributed by atoms with Gasteiger partial charge in [0.15, 0.2) is 0 Å². The van der Waals surface area contributed by atoms with Crippen molar-refractivity contribution in [1.82, 2.24) is 8.61 Å². The van der Waals surface area contributed by atoms with Gasteiger partial charge in [-0.2, -0.15) is 4.31 Å². The molecule has 1 aromatic carbocycles. The molecule has 136 valence electrons. The van der Waals surface area contributed by atoms with Crippen molar-refractivity contribution in [3.05, 3.63) is 29.8 Å². The van der Waals surface area contributed by atoms with Crippen LogP contribution in [-0.2, 0) is 20.0 Å². The van der Waals surface area contributed by atoms with E-state index in [2.05, 4.69) is 0 Å². The van der Waals surface area contributed by atoms with Crippen LogP contribution in [0.2, 0.25) is 0 Å². The highest BCUT2D eigenvalue weighted by molar-refractivity contribution is 7.89. The number of hydrogen-bond acceptors (Lipinski definition) is 4. The quantitative estimate of drug-likeness (QED) is 0.761. The summed E-state index contributed by atoms with van der Waals surface area (Å²) in [5, 5.41) is 0. The molecule has 0 radical (unpaired) electrons. The molecule has 24 heavy (non-hydrogen) atoms. The van der Waals surface area contributed by atoms with E-state index >= 15 is 0 Å². The highest BCUT2D eigenvalue weighted by Crippen LogP contribution is 2.19. The number of nitrogens with zero attached hydrogens (tertiary/aromatic N) is 2. The zero-order chi connectivity index (χ0) is 17.8. The van der Waals surface area contributed by atoms with Crippen LogP contribution in [0.1, 0.15) is 31.7 Å². The van der Waals surface area contributed by atoms with Gasteiger partial charge in [-0.3, -0.25) is 0 Å². The molecule has 0 aromatic heterocycles. The van der Waals surface area contributed by atoms with Crippen LogP contribution in [0.3, 0.4) is 0 Å². The Kier molecular flexibility index (Phi) is 6.41. The number of hydrogen-bond donors (Lipinski definition) is 0. The van der Waals surface area contributed by atoms with E-state index in [1.54, 1.807) is 24.3 Å². The fourth-order valence-corrected chi connectivity index (χ4v) is 5.85. The zero-order valence-corrected chi connectivity index (χ0v) is 15.9. The van der Waals surface area contributed by atoms with Gasteiger partial charge in [-0.15, -0.1) is 0 Å². The largest absolute Gasteiger partial charge is 0.243 e. The summed E-state index contributed by atoms with van der Waals surface area (Å²) in [5.41, 5.74) is 0.998. The maximum atomic E-state index is 12.7. The van der Waals surface area contributed by atoms with Crippen molar-refractivity contribution >= 4 is 20.0 Å². The van der Waals surface area contributed by atoms with E-state index in [0.717, 1.165) is 12.0 Å². The third-order valence-corrected chi connectivity index (χ3v) is 8.09. The molecule has 0 unspecified atom stereocenters. The molecule has 1 saturated heterocycles. The van der Waals surface area contributed by atoms with Gasteiger partial charge in [0, 0.05) is 26.2 Å². The second-order valence-corrected chi connectivity index (χ2v) is 10.2. The van der Waals surface area contributed by atoms with Crippen molar-refractivity contribution < 1.29 is 16.8 Å². The van der Waals surface area contributed by atoms with Crippen molar-refractivity contribution in [2.45, 2.75) is 38.0 Å². The monoisotopic (exact) mass is 374 g/mol. The van der Waals surface area contributed by atoms with Crippen LogP contribution >= 0.6 is 0 Å². The fourth-order valence-electron chi connectivity index (χ4n) is 2.70. The van der Waals surface area contributed by atoms with Gasteiger partial charge in [-0.05, 0) is 31.9 Å². The van der Waals surface area contributed by atoms with Crippen LogP contribution in [-0.4, -0.2) is 57.4 Å². The molecule has 0 saturated carbocycles. The molecule has 0 atom stereocenters. The first-order valence-corrected chi connectivity index (χ1v) is 11.4. The smallest absolute Gasteiger partial charge is 0.212 e. The Morgan fingerprint density at radius 3 is 2.12 bits per heavy atom. The van der Waals surface area contributed by atoms with Crippen LogP contribution in [0, 0.1) is 6.92 Å². The normalized spacial score (nSPS) is 18.4. The second-order valence-electron chi connectivity index (χ2n) is 6.14. The third kappa shape index (κ3) is 4.56. The maximum Gasteiger partial charge on any atom is 0.243 e. The average Bonchev–Trinajstić information content (AvgIpc) is 2.80. The molecule has 0 amide bonds. The first-order valence-electron chi connectivity index (χ1n) is 8.32. The summed E-state index contributed by atoms with van der Waals surface area (Å²) in [7, 11) is -6.87. The van der Waals surface area contributed by atoms with Crippen LogP contribution in [0.25, 0.3) is 0 Å². The van der Waals surface area contributed by atoms with E-state index < -0.39 is 20.0 Å². The molecule has 0 spiro atoms. The lowest BCUT2D eigenvalue weighted by Gasteiger charge is -2.21. The summed E-state index contributed by atoms with van der Waals surface area (Å²) >= 11 is 0. The molecule has 0 aliphatic carbocycles. The lowest BCUT2D eigenvalue weighted by Crippen LogP contribution is -2.38. The molecule has 1 aliphatic heterocycles. The van der Waals surface area contributed by atoms with Gasteiger partial charge in [-0.25, -0.2) is 21.1 Å². The van der Waals surface area contributed by atoms with Crippen molar-refractivity contribution in [3.8, 4) is 0 Å². The van der Waals surface area contributed by atoms with Crippen LogP contribution in [0.5, 0.6) is 0 Å². The van der Waals surface area contributed by atoms with Gasteiger partial charge in [0.05, 0.1) is 10.6 Å². The van der Waals surface area contributed by atoms with E-state index in [1.165, 1.54) is 8.61 Å². The third-order valence-electron chi connectivity index (χ3n) is 4.22. The molecule has 0 bridgehead atoms. The highest BCUT2D eigenvalue weighted by atomic mass is 32.2. The Morgan fingerprint density at radius 2 is 1.50 bits per heavy atom. The molecule has 1 heterocycles. The lowest BCUT2D eigenvalue weighted by atomic mass is 10.2. The minimum absolute atomic E-state index is 0.133. The number of benzene rings is 1. The molecule has 1 aromatic rings. The summed E-state index contributed by atoms with van der Waals surface area (Å²) in [4.78, 5) is 0.260. The van der Waals surface area contributed by atoms with Crippen molar-refractivity contribution in [2.24, 2.45) is 0 Å². The zero-order valence-electron chi connectivity index (χ0n) is 14.3. The molecule has 2 rings (SSSR count). The summed E-state index contributed by atoms with van der Waals surface area (Å²) in [5.74, 6) is 0.133. The molecule has 6 nitrogen and oxygen atoms in total. The molecule has 1 fully saturated rings. The predicted octanol–water partition coefficient (Wildman–Crippen LogP) is 1.82. The minimum atomic E-state index is -3.58. The van der Waals surface area contributed by atoms with E-state index in [1.807, 2.05) is 13.8 Å². The first-order chi connectivity index (χ1) is 11.3. The minimum Gasteiger partial charge on any atom is -0.212 e. The Hall–Kier alpha value is -0.960. The summed E-state index contributed by atoms with van der Waals surface area (Å²) < 4.78 is 52.9. The van der Waals surface area contributed by atoms with Gasteiger partial charge in [-0.1, -0.05) is 31.0 Å². The Balaban J connectivity index is 2.11. The van der Waals surface area contributed by atoms with E-state index in [-0.39, 0.29) is 23.7 Å². The molecule has 1 aliphatic rings. The molecular weight excluding hydrogens is 348 g/mol. The number of aryl methyl sites for hydroxylation is 1. The average molecular weight is 375 g/mol. The van der Waals surface area contributed by atoms with E-state index in [4.69, 9.17) is 0 Å². The van der Waals surface area contributed by atoms with Crippen molar-refractivity contribution in [2.75, 3.05) is 31.9 Å². The maximum absolute atomic E-state index is 12.7. The van der Waals surface area contributed by atoms with Gasteiger partial charge in [0.25, 0.3) is 0 Å². The second kappa shape index (κ2) is 7.95. The summed E-state index contributed by atoms with van der Waals surface area (Å²) in [6, 6.07) is 6.75. The standard InChI is InChI=1S/C16H26N2O4S2/c1-3-4-14-23(19,20)17-10-5-11-18(13-12-17)24(21,22)16-8-6-15(2)7-9-16/h6-9H,3-5,10-14H2,1-2H3. The SMILES string of the molecule is CCCCS(=O)(=O)N1CCCN(S(=O)(=O)c2ccc(C)cc2)CC1. The number of sulfonamides is 2. The highest BCUT2D eigenvalue weighted by Gasteiger charge is 2.30. The molecular formula is C16H26N2O4S2. The van der Waals surface area contributed by atoms with Gasteiger partial charge >= 0.3 is 0 Å². The predicted molar refractivity (Wildman–Crippen MR) is 94.8 cm³/mol. The first kappa shape index (κ1) is 19.4. The van der Waals surface area contributed by atoms with Gasteiger partial charge < -0.3 is 0 Å². The van der Waals surface area contributed by atoms with Crippen LogP contribution in [0.15, 0.2) is 29.2 Å². The fraction of sp³-hybridized carbons (Fsp3) is 0.625. The molecule has 8 heteroatoms.